The Balaban J connectivity index is 2.97. The van der Waals surface area contributed by atoms with Crippen LogP contribution in [0.1, 0.15) is 32.8 Å². The zero-order valence-corrected chi connectivity index (χ0v) is 9.12. The van der Waals surface area contributed by atoms with Crippen molar-refractivity contribution in [2.45, 2.75) is 38.6 Å². The largest absolute Gasteiger partial charge is 0.383 e. The van der Waals surface area contributed by atoms with Crippen molar-refractivity contribution < 1.29 is 0 Å². The van der Waals surface area contributed by atoms with Gasteiger partial charge in [0.05, 0.1) is 0 Å². The topological polar surface area (TPSA) is 64.9 Å². The van der Waals surface area contributed by atoms with E-state index in [1.54, 1.807) is 6.20 Å². The normalized spacial score (nSPS) is 14.0. The van der Waals surface area contributed by atoms with E-state index in [0.29, 0.717) is 5.82 Å². The number of hydrogen-bond acceptors (Lipinski definition) is 3. The summed E-state index contributed by atoms with van der Waals surface area (Å²) in [6.07, 6.45) is 2.61. The van der Waals surface area contributed by atoms with Crippen LogP contribution in [0.4, 0.5) is 5.82 Å². The fourth-order valence-electron chi connectivity index (χ4n) is 1.90. The molecular formula is C11H19N3. The Hall–Kier alpha value is -1.09. The number of nitrogens with two attached hydrogens (primary N) is 2. The Bertz CT molecular complexity index is 305. The van der Waals surface area contributed by atoms with Gasteiger partial charge in [-0.3, -0.25) is 0 Å². The van der Waals surface area contributed by atoms with Gasteiger partial charge in [0.25, 0.3) is 0 Å². The van der Waals surface area contributed by atoms with Crippen molar-refractivity contribution in [1.82, 2.24) is 4.98 Å². The minimum atomic E-state index is -0.00743. The van der Waals surface area contributed by atoms with Crippen LogP contribution >= 0.6 is 0 Å². The second-order valence-electron chi connectivity index (χ2n) is 4.50. The third-order valence-corrected chi connectivity index (χ3v) is 2.40. The van der Waals surface area contributed by atoms with E-state index >= 15 is 0 Å². The molecule has 1 rings (SSSR count). The maximum Gasteiger partial charge on any atom is 0.127 e. The molecular weight excluding hydrogens is 174 g/mol. The first-order valence-electron chi connectivity index (χ1n) is 4.90. The van der Waals surface area contributed by atoms with E-state index in [9.17, 15) is 0 Å². The lowest BCUT2D eigenvalue weighted by Crippen LogP contribution is -2.29. The number of hydrogen-bond donors (Lipinski definition) is 2. The number of rotatable bonds is 3. The lowest BCUT2D eigenvalue weighted by Gasteiger charge is -2.27. The first kappa shape index (κ1) is 11.0. The van der Waals surface area contributed by atoms with Crippen LogP contribution in [0.25, 0.3) is 0 Å². The molecule has 1 unspecified atom stereocenters. The Morgan fingerprint density at radius 2 is 2.14 bits per heavy atom. The molecule has 14 heavy (non-hydrogen) atoms. The van der Waals surface area contributed by atoms with Gasteiger partial charge in [-0.1, -0.05) is 19.9 Å². The fourth-order valence-corrected chi connectivity index (χ4v) is 1.90. The molecule has 0 aliphatic heterocycles. The van der Waals surface area contributed by atoms with Crippen LogP contribution in [-0.4, -0.2) is 11.0 Å². The predicted molar refractivity (Wildman–Crippen MR) is 59.9 cm³/mol. The van der Waals surface area contributed by atoms with Gasteiger partial charge in [-0.2, -0.15) is 0 Å². The number of anilines is 1. The van der Waals surface area contributed by atoms with Crippen molar-refractivity contribution >= 4 is 5.82 Å². The summed E-state index contributed by atoms with van der Waals surface area (Å²) >= 11 is 0. The van der Waals surface area contributed by atoms with Crippen LogP contribution < -0.4 is 11.5 Å². The van der Waals surface area contributed by atoms with E-state index in [2.05, 4.69) is 18.8 Å². The minimum Gasteiger partial charge on any atom is -0.383 e. The molecule has 0 bridgehead atoms. The fraction of sp³-hybridized carbons (Fsp3) is 0.545. The summed E-state index contributed by atoms with van der Waals surface area (Å²) in [5.41, 5.74) is 12.7. The lowest BCUT2D eigenvalue weighted by atomic mass is 9.80. The quantitative estimate of drug-likeness (QED) is 0.767. The van der Waals surface area contributed by atoms with Crippen molar-refractivity contribution in [3.05, 3.63) is 23.9 Å². The number of pyridine rings is 1. The molecule has 1 atom stereocenters. The Morgan fingerprint density at radius 3 is 2.64 bits per heavy atom. The first-order chi connectivity index (χ1) is 6.43. The van der Waals surface area contributed by atoms with Gasteiger partial charge in [-0.05, 0) is 30.4 Å². The van der Waals surface area contributed by atoms with Crippen LogP contribution in [-0.2, 0) is 5.41 Å². The molecule has 1 aromatic rings. The van der Waals surface area contributed by atoms with E-state index in [4.69, 9.17) is 11.5 Å². The van der Waals surface area contributed by atoms with Crippen LogP contribution in [0.2, 0.25) is 0 Å². The summed E-state index contributed by atoms with van der Waals surface area (Å²) in [4.78, 5) is 4.09. The molecule has 0 amide bonds. The summed E-state index contributed by atoms with van der Waals surface area (Å²) in [5, 5.41) is 0. The molecule has 4 N–H and O–H groups in total. The van der Waals surface area contributed by atoms with Crippen LogP contribution in [0.5, 0.6) is 0 Å². The zero-order valence-electron chi connectivity index (χ0n) is 9.12. The molecule has 3 nitrogen and oxygen atoms in total. The van der Waals surface area contributed by atoms with Crippen LogP contribution in [0, 0.1) is 0 Å². The van der Waals surface area contributed by atoms with Gasteiger partial charge < -0.3 is 11.5 Å². The summed E-state index contributed by atoms with van der Waals surface area (Å²) in [6.45, 7) is 6.29. The van der Waals surface area contributed by atoms with E-state index in [1.165, 1.54) is 0 Å². The van der Waals surface area contributed by atoms with Gasteiger partial charge in [0.2, 0.25) is 0 Å². The molecule has 0 radical (unpaired) electrons. The monoisotopic (exact) mass is 193 g/mol. The van der Waals surface area contributed by atoms with Gasteiger partial charge in [-0.15, -0.1) is 0 Å². The second-order valence-corrected chi connectivity index (χ2v) is 4.50. The maximum atomic E-state index is 5.83. The molecule has 1 heterocycles. The second kappa shape index (κ2) is 3.96. The highest BCUT2D eigenvalue weighted by atomic mass is 14.8. The van der Waals surface area contributed by atoms with Crippen molar-refractivity contribution in [3.63, 3.8) is 0 Å². The van der Waals surface area contributed by atoms with Gasteiger partial charge >= 0.3 is 0 Å². The summed E-state index contributed by atoms with van der Waals surface area (Å²) in [6, 6.07) is 4.10. The molecule has 0 aromatic carbocycles. The molecule has 0 fully saturated rings. The molecule has 0 aliphatic carbocycles. The molecule has 0 spiro atoms. The molecule has 1 aromatic heterocycles. The molecule has 0 saturated carbocycles. The lowest BCUT2D eigenvalue weighted by molar-refractivity contribution is 0.438. The van der Waals surface area contributed by atoms with Crippen LogP contribution in [0.3, 0.4) is 0 Å². The Kier molecular flexibility index (Phi) is 3.11. The van der Waals surface area contributed by atoms with Gasteiger partial charge in [-0.25, -0.2) is 4.98 Å². The smallest absolute Gasteiger partial charge is 0.127 e. The molecule has 3 heteroatoms. The SMILES string of the molecule is CC(N)CC(C)(C)c1cccnc1N. The average Bonchev–Trinajstić information content (AvgIpc) is 2.02. The zero-order chi connectivity index (χ0) is 10.8. The highest BCUT2D eigenvalue weighted by molar-refractivity contribution is 5.43. The number of nitrogens with zero attached hydrogens (tertiary/aromatic N) is 1. The summed E-state index contributed by atoms with van der Waals surface area (Å²) < 4.78 is 0. The summed E-state index contributed by atoms with van der Waals surface area (Å²) in [7, 11) is 0. The molecule has 0 saturated heterocycles. The average molecular weight is 193 g/mol. The van der Waals surface area contributed by atoms with Crippen molar-refractivity contribution in [1.29, 1.82) is 0 Å². The van der Waals surface area contributed by atoms with Crippen molar-refractivity contribution in [2.24, 2.45) is 5.73 Å². The molecule has 0 aliphatic rings. The minimum absolute atomic E-state index is 0.00743. The first-order valence-corrected chi connectivity index (χ1v) is 4.90. The van der Waals surface area contributed by atoms with E-state index in [1.807, 2.05) is 19.1 Å². The number of nitrogen functional groups attached to an aromatic ring is 1. The predicted octanol–water partition coefficient (Wildman–Crippen LogP) is 1.68. The highest BCUT2D eigenvalue weighted by Gasteiger charge is 2.24. The standard InChI is InChI=1S/C11H19N3/c1-8(12)7-11(2,3)9-5-4-6-14-10(9)13/h4-6,8H,7,12H2,1-3H3,(H2,13,14). The number of aromatic nitrogens is 1. The van der Waals surface area contributed by atoms with Crippen LogP contribution in [0.15, 0.2) is 18.3 Å². The summed E-state index contributed by atoms with van der Waals surface area (Å²) in [5.74, 6) is 0.609. The Morgan fingerprint density at radius 1 is 1.50 bits per heavy atom. The van der Waals surface area contributed by atoms with E-state index < -0.39 is 0 Å². The molecule has 78 valence electrons. The van der Waals surface area contributed by atoms with Crippen molar-refractivity contribution in [2.75, 3.05) is 5.73 Å². The van der Waals surface area contributed by atoms with E-state index in [0.717, 1.165) is 12.0 Å². The van der Waals surface area contributed by atoms with Gasteiger partial charge in [0.1, 0.15) is 5.82 Å². The van der Waals surface area contributed by atoms with Gasteiger partial charge in [0.15, 0.2) is 0 Å². The third-order valence-electron chi connectivity index (χ3n) is 2.40. The van der Waals surface area contributed by atoms with Gasteiger partial charge in [0, 0.05) is 12.2 Å². The maximum absolute atomic E-state index is 5.83. The third kappa shape index (κ3) is 2.45. The highest BCUT2D eigenvalue weighted by Crippen LogP contribution is 2.30. The van der Waals surface area contributed by atoms with Crippen molar-refractivity contribution in [3.8, 4) is 0 Å². The Labute approximate surface area is 85.5 Å². The van der Waals surface area contributed by atoms with E-state index in [-0.39, 0.29) is 11.5 Å².